The lowest BCUT2D eigenvalue weighted by Gasteiger charge is -2.24. The molecule has 0 fully saturated rings. The van der Waals surface area contributed by atoms with Crippen molar-refractivity contribution in [3.05, 3.63) is 35.6 Å². The maximum Gasteiger partial charge on any atom is 0.0780 e. The van der Waals surface area contributed by atoms with Crippen molar-refractivity contribution >= 4 is 0 Å². The monoisotopic (exact) mass is 320 g/mol. The number of rotatable bonds is 8. The molecule has 3 heteroatoms. The molecule has 3 nitrogen and oxygen atoms in total. The van der Waals surface area contributed by atoms with Gasteiger partial charge < -0.3 is 15.1 Å². The van der Waals surface area contributed by atoms with Crippen molar-refractivity contribution in [1.29, 1.82) is 0 Å². The van der Waals surface area contributed by atoms with Crippen molar-refractivity contribution in [2.24, 2.45) is 5.73 Å². The van der Waals surface area contributed by atoms with E-state index in [2.05, 4.69) is 57.4 Å². The SMILES string of the molecule is CN(CCCCC[N+](C)(C)C)C/C(N)=C1/C=C\C=C\CCCC1. The Morgan fingerprint density at radius 3 is 2.65 bits per heavy atom. The second-order valence-electron chi connectivity index (χ2n) is 7.90. The third-order valence-corrected chi connectivity index (χ3v) is 4.33. The van der Waals surface area contributed by atoms with Crippen molar-refractivity contribution in [2.75, 3.05) is 47.8 Å². The second-order valence-corrected chi connectivity index (χ2v) is 7.90. The van der Waals surface area contributed by atoms with Crippen molar-refractivity contribution in [2.45, 2.75) is 44.9 Å². The normalized spacial score (nSPS) is 21.4. The molecule has 0 amide bonds. The first-order valence-electron chi connectivity index (χ1n) is 9.18. The standard InChI is InChI=1S/C20H38N3/c1-22(16-12-9-13-17-23(2,3)4)18-20(21)19-14-10-7-5-6-8-11-15-19/h5,7,10,14H,6,8-9,11-13,15-18,21H2,1-4H3/q+1/b7-5+,14-10-,20-19+. The number of allylic oxidation sites excluding steroid dienone is 5. The van der Waals surface area contributed by atoms with E-state index < -0.39 is 0 Å². The van der Waals surface area contributed by atoms with E-state index in [9.17, 15) is 0 Å². The Hall–Kier alpha value is -1.06. The molecule has 0 radical (unpaired) electrons. The Labute approximate surface area is 144 Å². The van der Waals surface area contributed by atoms with E-state index in [1.807, 2.05) is 0 Å². The molecule has 0 aromatic carbocycles. The highest BCUT2D eigenvalue weighted by atomic mass is 15.3. The third-order valence-electron chi connectivity index (χ3n) is 4.33. The lowest BCUT2D eigenvalue weighted by molar-refractivity contribution is -0.870. The maximum absolute atomic E-state index is 6.37. The van der Waals surface area contributed by atoms with Crippen LogP contribution in [-0.4, -0.2) is 57.2 Å². The van der Waals surface area contributed by atoms with Crippen LogP contribution in [0.1, 0.15) is 44.9 Å². The molecule has 0 aromatic rings. The number of unbranched alkanes of at least 4 members (excludes halogenated alkanes) is 2. The molecule has 1 rings (SSSR count). The topological polar surface area (TPSA) is 29.3 Å². The fraction of sp³-hybridized carbons (Fsp3) is 0.700. The van der Waals surface area contributed by atoms with Gasteiger partial charge in [-0.15, -0.1) is 0 Å². The van der Waals surface area contributed by atoms with Crippen molar-refractivity contribution in [3.63, 3.8) is 0 Å². The van der Waals surface area contributed by atoms with Gasteiger partial charge in [-0.2, -0.15) is 0 Å². The summed E-state index contributed by atoms with van der Waals surface area (Å²) in [5, 5.41) is 0. The molecule has 0 unspecified atom stereocenters. The summed E-state index contributed by atoms with van der Waals surface area (Å²) in [6.07, 6.45) is 17.4. The minimum Gasteiger partial charge on any atom is -0.401 e. The smallest absolute Gasteiger partial charge is 0.0780 e. The zero-order chi connectivity index (χ0) is 17.1. The zero-order valence-corrected chi connectivity index (χ0v) is 15.9. The van der Waals surface area contributed by atoms with Gasteiger partial charge in [0.05, 0.1) is 27.7 Å². The van der Waals surface area contributed by atoms with Gasteiger partial charge in [-0.1, -0.05) is 24.3 Å². The van der Waals surface area contributed by atoms with Gasteiger partial charge in [0.15, 0.2) is 0 Å². The molecule has 0 saturated heterocycles. The second kappa shape index (κ2) is 10.7. The average molecular weight is 321 g/mol. The van der Waals surface area contributed by atoms with Gasteiger partial charge in [-0.25, -0.2) is 0 Å². The maximum atomic E-state index is 6.37. The van der Waals surface area contributed by atoms with Crippen molar-refractivity contribution in [3.8, 4) is 0 Å². The first-order chi connectivity index (χ1) is 10.9. The molecule has 0 heterocycles. The number of hydrogen-bond acceptors (Lipinski definition) is 2. The summed E-state index contributed by atoms with van der Waals surface area (Å²) in [5.74, 6) is 0. The Bertz CT molecular complexity index is 413. The minimum absolute atomic E-state index is 0.888. The first kappa shape index (κ1) is 20.0. The summed E-state index contributed by atoms with van der Waals surface area (Å²) in [6, 6.07) is 0. The van der Waals surface area contributed by atoms with Crippen LogP contribution >= 0.6 is 0 Å². The van der Waals surface area contributed by atoms with Crippen LogP contribution in [0.25, 0.3) is 0 Å². The summed E-state index contributed by atoms with van der Waals surface area (Å²) in [4.78, 5) is 2.37. The van der Waals surface area contributed by atoms with Crippen LogP contribution in [0.3, 0.4) is 0 Å². The number of quaternary nitrogens is 1. The van der Waals surface area contributed by atoms with E-state index in [1.165, 1.54) is 50.6 Å². The predicted molar refractivity (Wildman–Crippen MR) is 102 cm³/mol. The number of nitrogens with two attached hydrogens (primary N) is 1. The van der Waals surface area contributed by atoms with Gasteiger partial charge in [-0.3, -0.25) is 0 Å². The Morgan fingerprint density at radius 2 is 1.91 bits per heavy atom. The summed E-state index contributed by atoms with van der Waals surface area (Å²) in [7, 11) is 8.98. The fourth-order valence-electron chi connectivity index (χ4n) is 2.89. The van der Waals surface area contributed by atoms with Gasteiger partial charge in [0.1, 0.15) is 0 Å². The van der Waals surface area contributed by atoms with Gasteiger partial charge in [0.25, 0.3) is 0 Å². The van der Waals surface area contributed by atoms with E-state index in [0.29, 0.717) is 0 Å². The fourth-order valence-corrected chi connectivity index (χ4v) is 2.89. The largest absolute Gasteiger partial charge is 0.401 e. The molecule has 0 aromatic heterocycles. The molecular weight excluding hydrogens is 282 g/mol. The lowest BCUT2D eigenvalue weighted by Crippen LogP contribution is -2.35. The number of hydrogen-bond donors (Lipinski definition) is 1. The molecule has 1 aliphatic rings. The van der Waals surface area contributed by atoms with E-state index in [1.54, 1.807) is 0 Å². The molecule has 0 atom stereocenters. The summed E-state index contributed by atoms with van der Waals surface area (Å²) < 4.78 is 1.07. The minimum atomic E-state index is 0.888. The van der Waals surface area contributed by atoms with Crippen LogP contribution < -0.4 is 5.73 Å². The lowest BCUT2D eigenvalue weighted by atomic mass is 10.1. The summed E-state index contributed by atoms with van der Waals surface area (Å²) in [5.41, 5.74) is 8.74. The summed E-state index contributed by atoms with van der Waals surface area (Å²) in [6.45, 7) is 3.28. The van der Waals surface area contributed by atoms with Gasteiger partial charge in [-0.05, 0) is 64.1 Å². The quantitative estimate of drug-likeness (QED) is 0.546. The van der Waals surface area contributed by atoms with Gasteiger partial charge in [0, 0.05) is 12.2 Å². The molecule has 2 N–H and O–H groups in total. The highest BCUT2D eigenvalue weighted by molar-refractivity contribution is 5.27. The van der Waals surface area contributed by atoms with E-state index in [0.717, 1.165) is 29.7 Å². The molecule has 1 aliphatic carbocycles. The van der Waals surface area contributed by atoms with Gasteiger partial charge in [0.2, 0.25) is 0 Å². The van der Waals surface area contributed by atoms with E-state index in [-0.39, 0.29) is 0 Å². The molecule has 0 aliphatic heterocycles. The number of likely N-dealkylation sites (N-methyl/N-ethyl adjacent to an activating group) is 1. The van der Waals surface area contributed by atoms with Crippen molar-refractivity contribution < 1.29 is 4.48 Å². The van der Waals surface area contributed by atoms with Crippen LogP contribution in [0.15, 0.2) is 35.6 Å². The van der Waals surface area contributed by atoms with Gasteiger partial charge >= 0.3 is 0 Å². The van der Waals surface area contributed by atoms with Crippen molar-refractivity contribution in [1.82, 2.24) is 4.90 Å². The molecular formula is C20H38N3+. The summed E-state index contributed by atoms with van der Waals surface area (Å²) >= 11 is 0. The van der Waals surface area contributed by atoms with E-state index >= 15 is 0 Å². The van der Waals surface area contributed by atoms with Crippen LogP contribution in [-0.2, 0) is 0 Å². The zero-order valence-electron chi connectivity index (χ0n) is 15.9. The molecule has 132 valence electrons. The Morgan fingerprint density at radius 1 is 1.13 bits per heavy atom. The molecule has 0 spiro atoms. The molecule has 0 saturated carbocycles. The average Bonchev–Trinajstić information content (AvgIpc) is 2.59. The van der Waals surface area contributed by atoms with E-state index in [4.69, 9.17) is 5.73 Å². The van der Waals surface area contributed by atoms with Crippen LogP contribution in [0.4, 0.5) is 0 Å². The predicted octanol–water partition coefficient (Wildman–Crippen LogP) is 3.69. The molecule has 0 bridgehead atoms. The highest BCUT2D eigenvalue weighted by Crippen LogP contribution is 2.16. The van der Waals surface area contributed by atoms with Crippen LogP contribution in [0, 0.1) is 0 Å². The Kier molecular flexibility index (Phi) is 9.27. The van der Waals surface area contributed by atoms with Crippen LogP contribution in [0.5, 0.6) is 0 Å². The third kappa shape index (κ3) is 10.4. The van der Waals surface area contributed by atoms with Crippen LogP contribution in [0.2, 0.25) is 0 Å². The first-order valence-corrected chi connectivity index (χ1v) is 9.18. The molecule has 23 heavy (non-hydrogen) atoms. The Balaban J connectivity index is 2.33. The number of nitrogens with zero attached hydrogens (tertiary/aromatic N) is 2. The highest BCUT2D eigenvalue weighted by Gasteiger charge is 2.07.